The molecule has 0 radical (unpaired) electrons. The molecule has 3 fully saturated rings. The first-order chi connectivity index (χ1) is 16.0. The lowest BCUT2D eigenvalue weighted by Crippen LogP contribution is -2.54. The van der Waals surface area contributed by atoms with E-state index in [2.05, 4.69) is 58.0 Å². The van der Waals surface area contributed by atoms with E-state index in [4.69, 9.17) is 4.74 Å². The number of rotatable bonds is 5. The molecular weight excluding hydrogens is 420 g/mol. The van der Waals surface area contributed by atoms with Crippen LogP contribution >= 0.6 is 0 Å². The van der Waals surface area contributed by atoms with Crippen LogP contribution in [0.2, 0.25) is 0 Å². The van der Waals surface area contributed by atoms with Gasteiger partial charge in [-0.2, -0.15) is 0 Å². The van der Waals surface area contributed by atoms with Crippen molar-refractivity contribution in [2.75, 3.05) is 0 Å². The number of aliphatic hydroxyl groups is 1. The maximum atomic E-state index is 12.7. The largest absolute Gasteiger partial charge is 0.365 e. The van der Waals surface area contributed by atoms with Crippen molar-refractivity contribution in [1.29, 1.82) is 0 Å². The van der Waals surface area contributed by atoms with Crippen LogP contribution in [0.25, 0.3) is 0 Å². The molecule has 34 heavy (non-hydrogen) atoms. The molecule has 5 rings (SSSR count). The van der Waals surface area contributed by atoms with Gasteiger partial charge in [0.1, 0.15) is 5.78 Å². The van der Waals surface area contributed by atoms with Crippen LogP contribution in [-0.2, 0) is 22.6 Å². The van der Waals surface area contributed by atoms with E-state index < -0.39 is 5.79 Å². The summed E-state index contributed by atoms with van der Waals surface area (Å²) >= 11 is 0. The van der Waals surface area contributed by atoms with Crippen LogP contribution in [0.5, 0.6) is 0 Å². The summed E-state index contributed by atoms with van der Waals surface area (Å²) in [7, 11) is 0. The number of hydrogen-bond acceptors (Lipinski definition) is 3. The Bertz CT molecular complexity index is 979. The van der Waals surface area contributed by atoms with E-state index in [0.29, 0.717) is 43.0 Å². The average molecular weight is 465 g/mol. The number of aryl methyl sites for hydroxylation is 1. The van der Waals surface area contributed by atoms with E-state index in [-0.39, 0.29) is 16.2 Å². The van der Waals surface area contributed by atoms with Crippen LogP contribution in [0.3, 0.4) is 0 Å². The van der Waals surface area contributed by atoms with Gasteiger partial charge in [0.15, 0.2) is 5.79 Å². The molecule has 3 nitrogen and oxygen atoms in total. The summed E-state index contributed by atoms with van der Waals surface area (Å²) in [5, 5.41) is 11.4. The Hall–Kier alpha value is -1.45. The van der Waals surface area contributed by atoms with Crippen molar-refractivity contribution in [3.8, 4) is 0 Å². The van der Waals surface area contributed by atoms with Crippen molar-refractivity contribution < 1.29 is 14.6 Å². The van der Waals surface area contributed by atoms with Crippen molar-refractivity contribution in [2.45, 2.75) is 105 Å². The van der Waals surface area contributed by atoms with Crippen molar-refractivity contribution >= 4 is 5.78 Å². The summed E-state index contributed by atoms with van der Waals surface area (Å²) in [5.74, 6) is 1.28. The summed E-state index contributed by atoms with van der Waals surface area (Å²) in [5.41, 5.74) is 3.99. The van der Waals surface area contributed by atoms with E-state index >= 15 is 0 Å². The van der Waals surface area contributed by atoms with Crippen LogP contribution in [0, 0.1) is 34.0 Å². The van der Waals surface area contributed by atoms with Gasteiger partial charge in [-0.1, -0.05) is 63.6 Å². The maximum Gasteiger partial charge on any atom is 0.169 e. The monoisotopic (exact) mass is 464 g/mol. The number of carbonyl (C=O) groups is 1. The molecule has 0 saturated heterocycles. The molecule has 1 N–H and O–H groups in total. The van der Waals surface area contributed by atoms with E-state index in [0.717, 1.165) is 37.7 Å². The first-order valence-electron chi connectivity index (χ1n) is 13.7. The molecule has 0 spiro atoms. The fraction of sp³-hybridized carbons (Fsp3) is 0.710. The third kappa shape index (κ3) is 3.56. The fourth-order valence-corrected chi connectivity index (χ4v) is 8.68. The molecular formula is C31H44O3. The second kappa shape index (κ2) is 8.30. The van der Waals surface area contributed by atoms with E-state index in [1.807, 2.05) is 6.92 Å². The van der Waals surface area contributed by atoms with Crippen LogP contribution < -0.4 is 0 Å². The highest BCUT2D eigenvalue weighted by Gasteiger charge is 2.64. The van der Waals surface area contributed by atoms with Gasteiger partial charge in [0.05, 0.1) is 6.61 Å². The van der Waals surface area contributed by atoms with Gasteiger partial charge in [0.25, 0.3) is 0 Å². The summed E-state index contributed by atoms with van der Waals surface area (Å²) in [6.07, 6.45) is 11.5. The zero-order valence-corrected chi connectivity index (χ0v) is 22.0. The lowest BCUT2D eigenvalue weighted by molar-refractivity contribution is -0.231. The molecule has 4 aliphatic carbocycles. The molecule has 0 heterocycles. The number of hydrogen-bond donors (Lipinski definition) is 1. The van der Waals surface area contributed by atoms with Gasteiger partial charge in [-0.05, 0) is 91.6 Å². The van der Waals surface area contributed by atoms with Crippen molar-refractivity contribution in [3.05, 3.63) is 47.0 Å². The van der Waals surface area contributed by atoms with Gasteiger partial charge in [-0.15, -0.1) is 0 Å². The van der Waals surface area contributed by atoms with Crippen molar-refractivity contribution in [1.82, 2.24) is 0 Å². The first-order valence-corrected chi connectivity index (χ1v) is 13.7. The molecule has 0 aromatic heterocycles. The lowest BCUT2D eigenvalue weighted by atomic mass is 9.45. The number of ether oxygens (including phenoxy) is 1. The van der Waals surface area contributed by atoms with Crippen LogP contribution in [0.15, 0.2) is 35.9 Å². The average Bonchev–Trinajstić information content (AvgIpc) is 3.11. The highest BCUT2D eigenvalue weighted by molar-refractivity contribution is 5.83. The van der Waals surface area contributed by atoms with E-state index in [9.17, 15) is 9.90 Å². The minimum atomic E-state index is -1.06. The number of allylic oxidation sites excluding steroid dienone is 1. The standard InChI is InChI=1S/C31H44O3/c1-6-22-7-9-23(10-8-22)20-34-31(33)18-17-28(3)24(19-31)11-12-25-26(28)13-16-30(5)27(25)14-15-29(30,4)21(2)32/h7-11,25-27,33H,6,12-20H2,1-5H3/t25-,26+,27+,28+,29-,30+,31-/m1/s1. The van der Waals surface area contributed by atoms with E-state index in [1.54, 1.807) is 0 Å². The maximum absolute atomic E-state index is 12.7. The normalized spacial score (nSPS) is 43.5. The predicted octanol–water partition coefficient (Wildman–Crippen LogP) is 7.01. The Labute approximate surface area is 206 Å². The fourth-order valence-electron chi connectivity index (χ4n) is 8.68. The minimum Gasteiger partial charge on any atom is -0.365 e. The molecule has 1 aromatic carbocycles. The van der Waals surface area contributed by atoms with E-state index in [1.165, 1.54) is 24.0 Å². The highest BCUT2D eigenvalue weighted by Crippen LogP contribution is 2.70. The molecule has 186 valence electrons. The Morgan fingerprint density at radius 2 is 1.68 bits per heavy atom. The predicted molar refractivity (Wildman–Crippen MR) is 136 cm³/mol. The lowest BCUT2D eigenvalue weighted by Gasteiger charge is -2.60. The molecule has 0 aliphatic heterocycles. The summed E-state index contributed by atoms with van der Waals surface area (Å²) in [6, 6.07) is 8.55. The van der Waals surface area contributed by atoms with Crippen molar-refractivity contribution in [3.63, 3.8) is 0 Å². The van der Waals surface area contributed by atoms with Crippen LogP contribution in [-0.4, -0.2) is 16.7 Å². The summed E-state index contributed by atoms with van der Waals surface area (Å²) in [6.45, 7) is 11.6. The third-order valence-corrected chi connectivity index (χ3v) is 11.4. The molecule has 1 aromatic rings. The quantitative estimate of drug-likeness (QED) is 0.376. The smallest absolute Gasteiger partial charge is 0.169 e. The number of ketones is 1. The second-order valence-electron chi connectivity index (χ2n) is 12.7. The Morgan fingerprint density at radius 3 is 2.35 bits per heavy atom. The minimum absolute atomic E-state index is 0.132. The van der Waals surface area contributed by atoms with Gasteiger partial charge in [-0.3, -0.25) is 4.79 Å². The topological polar surface area (TPSA) is 46.5 Å². The van der Waals surface area contributed by atoms with Gasteiger partial charge in [0, 0.05) is 18.3 Å². The number of Topliss-reactive ketones (excluding diaryl/α,β-unsaturated/α-hetero) is 1. The Kier molecular flexibility index (Phi) is 5.92. The highest BCUT2D eigenvalue weighted by atomic mass is 16.6. The summed E-state index contributed by atoms with van der Waals surface area (Å²) in [4.78, 5) is 12.7. The molecule has 7 atom stereocenters. The molecule has 0 unspecified atom stereocenters. The Morgan fingerprint density at radius 1 is 1.00 bits per heavy atom. The SMILES string of the molecule is CCc1ccc(CO[C@]2(O)CC[C@@]3(C)C(=CC[C@@H]4[C@@H]3CC[C@@]3(C)[C@H]4CC[C@]3(C)C(C)=O)C2)cc1. The zero-order chi connectivity index (χ0) is 24.4. The Balaban J connectivity index is 1.32. The number of benzene rings is 1. The van der Waals surface area contributed by atoms with Crippen molar-refractivity contribution in [2.24, 2.45) is 34.0 Å². The van der Waals surface area contributed by atoms with Crippen LogP contribution in [0.4, 0.5) is 0 Å². The van der Waals surface area contributed by atoms with Gasteiger partial charge in [0.2, 0.25) is 0 Å². The number of fused-ring (bicyclic) bond motifs is 5. The van der Waals surface area contributed by atoms with Gasteiger partial charge >= 0.3 is 0 Å². The van der Waals surface area contributed by atoms with Gasteiger partial charge in [-0.25, -0.2) is 0 Å². The zero-order valence-electron chi connectivity index (χ0n) is 22.0. The first kappa shape index (κ1) is 24.3. The third-order valence-electron chi connectivity index (χ3n) is 11.4. The molecule has 0 bridgehead atoms. The summed E-state index contributed by atoms with van der Waals surface area (Å²) < 4.78 is 6.18. The molecule has 0 amide bonds. The molecule has 4 aliphatic rings. The number of carbonyl (C=O) groups excluding carboxylic acids is 1. The van der Waals surface area contributed by atoms with Crippen LogP contribution in [0.1, 0.15) is 97.1 Å². The van der Waals surface area contributed by atoms with Gasteiger partial charge < -0.3 is 9.84 Å². The molecule has 3 saturated carbocycles. The second-order valence-corrected chi connectivity index (χ2v) is 12.7. The molecule has 3 heteroatoms.